The molecular weight excluding hydrogens is 385 g/mol. The summed E-state index contributed by atoms with van der Waals surface area (Å²) in [7, 11) is 0. The van der Waals surface area contributed by atoms with Crippen LogP contribution in [0.15, 0.2) is 61.2 Å². The molecule has 3 aromatic rings. The van der Waals surface area contributed by atoms with Crippen molar-refractivity contribution < 1.29 is 23.1 Å². The molecule has 0 radical (unpaired) electrons. The highest BCUT2D eigenvalue weighted by Gasteiger charge is 2.30. The van der Waals surface area contributed by atoms with Gasteiger partial charge in [-0.25, -0.2) is 4.98 Å². The van der Waals surface area contributed by atoms with E-state index in [1.807, 2.05) is 0 Å². The van der Waals surface area contributed by atoms with Gasteiger partial charge >= 0.3 is 6.18 Å². The van der Waals surface area contributed by atoms with Crippen molar-refractivity contribution in [2.45, 2.75) is 19.3 Å². The van der Waals surface area contributed by atoms with E-state index in [2.05, 4.69) is 15.3 Å². The third-order valence-corrected chi connectivity index (χ3v) is 3.94. The fourth-order valence-corrected chi connectivity index (χ4v) is 2.54. The monoisotopic (exact) mass is 402 g/mol. The predicted molar refractivity (Wildman–Crippen MR) is 101 cm³/mol. The van der Waals surface area contributed by atoms with Crippen LogP contribution in [0.4, 0.5) is 19.0 Å². The molecule has 2 heterocycles. The van der Waals surface area contributed by atoms with Crippen LogP contribution in [0.3, 0.4) is 0 Å². The quantitative estimate of drug-likeness (QED) is 0.619. The Morgan fingerprint density at radius 3 is 2.72 bits per heavy atom. The number of hydrogen-bond donors (Lipinski definition) is 2. The molecule has 29 heavy (non-hydrogen) atoms. The Labute approximate surface area is 164 Å². The number of imidazole rings is 1. The number of nitrogens with zero attached hydrogens (tertiary/aromatic N) is 3. The number of halogens is 3. The van der Waals surface area contributed by atoms with E-state index in [-0.39, 0.29) is 19.0 Å². The molecule has 2 aromatic heterocycles. The Hall–Kier alpha value is -3.46. The number of amides is 1. The molecule has 0 aliphatic rings. The average Bonchev–Trinajstić information content (AvgIpc) is 3.13. The van der Waals surface area contributed by atoms with Gasteiger partial charge in [0.25, 0.3) is 0 Å². The second kappa shape index (κ2) is 8.70. The number of aromatic nitrogens is 3. The third-order valence-electron chi connectivity index (χ3n) is 3.94. The zero-order valence-corrected chi connectivity index (χ0v) is 15.1. The number of alkyl halides is 3. The minimum atomic E-state index is -4.40. The highest BCUT2D eigenvalue weighted by molar-refractivity contribution is 6.01. The van der Waals surface area contributed by atoms with Crippen LogP contribution >= 0.6 is 0 Å². The second-order valence-corrected chi connectivity index (χ2v) is 6.19. The first kappa shape index (κ1) is 20.3. The van der Waals surface area contributed by atoms with Gasteiger partial charge < -0.3 is 15.0 Å². The summed E-state index contributed by atoms with van der Waals surface area (Å²) in [5.41, 5.74) is 0.967. The summed E-state index contributed by atoms with van der Waals surface area (Å²) in [6, 6.07) is 8.40. The third kappa shape index (κ3) is 5.76. The number of aliphatic hydroxyl groups excluding tert-OH is 1. The van der Waals surface area contributed by atoms with Crippen LogP contribution in [-0.4, -0.2) is 25.5 Å². The van der Waals surface area contributed by atoms with Crippen LogP contribution in [0.1, 0.15) is 22.4 Å². The second-order valence-electron chi connectivity index (χ2n) is 6.19. The van der Waals surface area contributed by atoms with E-state index in [1.165, 1.54) is 30.9 Å². The summed E-state index contributed by atoms with van der Waals surface area (Å²) in [5.74, 6) is -0.138. The number of pyridine rings is 1. The van der Waals surface area contributed by atoms with E-state index in [0.29, 0.717) is 16.8 Å². The van der Waals surface area contributed by atoms with Crippen molar-refractivity contribution in [1.82, 2.24) is 14.5 Å². The maximum Gasteiger partial charge on any atom is 0.416 e. The number of rotatable bonds is 6. The van der Waals surface area contributed by atoms with Crippen LogP contribution < -0.4 is 5.32 Å². The number of anilines is 1. The Bertz CT molecular complexity index is 1010. The highest BCUT2D eigenvalue weighted by Crippen LogP contribution is 2.29. The zero-order chi connectivity index (χ0) is 20.9. The lowest BCUT2D eigenvalue weighted by atomic mass is 10.1. The number of aliphatic hydroxyl groups is 1. The fraction of sp³-hybridized carbons (Fsp3) is 0.150. The summed E-state index contributed by atoms with van der Waals surface area (Å²) in [5, 5.41) is 11.5. The van der Waals surface area contributed by atoms with Gasteiger partial charge in [0.1, 0.15) is 0 Å². The molecular formula is C20H17F3N4O2. The Morgan fingerprint density at radius 1 is 1.21 bits per heavy atom. The van der Waals surface area contributed by atoms with Crippen molar-refractivity contribution in [3.8, 4) is 0 Å². The minimum absolute atomic E-state index is 0.159. The standard InChI is InChI=1S/C20H17F3N4O2/c21-20(22,23)16-3-1-2-15(8-16)10-27-11-18(25-13-27)26-19(29)7-5-14-4-6-17(12-28)24-9-14/h1-9,11,13,28H,10,12H2,(H,26,29)/b7-5+. The normalized spacial score (nSPS) is 11.7. The molecule has 0 atom stereocenters. The first-order valence-electron chi connectivity index (χ1n) is 8.56. The van der Waals surface area contributed by atoms with E-state index in [9.17, 15) is 18.0 Å². The number of carbonyl (C=O) groups excluding carboxylic acids is 1. The SMILES string of the molecule is O=C(/C=C/c1ccc(CO)nc1)Nc1cn(Cc2cccc(C(F)(F)F)c2)cn1. The first-order valence-corrected chi connectivity index (χ1v) is 8.56. The fourth-order valence-electron chi connectivity index (χ4n) is 2.54. The summed E-state index contributed by atoms with van der Waals surface area (Å²) in [6.45, 7) is 0.0269. The van der Waals surface area contributed by atoms with Gasteiger partial charge in [0.05, 0.1) is 24.2 Å². The van der Waals surface area contributed by atoms with Crippen LogP contribution in [0.2, 0.25) is 0 Å². The number of nitrogens with one attached hydrogen (secondary N) is 1. The number of hydrogen-bond acceptors (Lipinski definition) is 4. The molecule has 6 nitrogen and oxygen atoms in total. The van der Waals surface area contributed by atoms with Crippen LogP contribution in [-0.2, 0) is 24.1 Å². The Kier molecular flexibility index (Phi) is 6.08. The maximum absolute atomic E-state index is 12.8. The minimum Gasteiger partial charge on any atom is -0.390 e. The van der Waals surface area contributed by atoms with Crippen molar-refractivity contribution in [1.29, 1.82) is 0 Å². The van der Waals surface area contributed by atoms with Gasteiger partial charge in [0.15, 0.2) is 5.82 Å². The zero-order valence-electron chi connectivity index (χ0n) is 15.1. The molecule has 0 fully saturated rings. The number of carbonyl (C=O) groups is 1. The molecule has 0 saturated heterocycles. The van der Waals surface area contributed by atoms with Crippen molar-refractivity contribution in [3.63, 3.8) is 0 Å². The molecule has 9 heteroatoms. The first-order chi connectivity index (χ1) is 13.8. The van der Waals surface area contributed by atoms with Gasteiger partial charge in [-0.15, -0.1) is 0 Å². The lowest BCUT2D eigenvalue weighted by Crippen LogP contribution is -2.08. The van der Waals surface area contributed by atoms with E-state index in [4.69, 9.17) is 5.11 Å². The van der Waals surface area contributed by atoms with Gasteiger partial charge in [-0.05, 0) is 35.4 Å². The van der Waals surface area contributed by atoms with E-state index in [0.717, 1.165) is 12.1 Å². The molecule has 0 spiro atoms. The summed E-state index contributed by atoms with van der Waals surface area (Å²) >= 11 is 0. The molecule has 0 aliphatic carbocycles. The van der Waals surface area contributed by atoms with Crippen molar-refractivity contribution >= 4 is 17.8 Å². The Morgan fingerprint density at radius 2 is 2.03 bits per heavy atom. The molecule has 0 bridgehead atoms. The summed E-state index contributed by atoms with van der Waals surface area (Å²) < 4.78 is 40.0. The molecule has 1 amide bonds. The Balaban J connectivity index is 1.59. The van der Waals surface area contributed by atoms with Crippen LogP contribution in [0, 0.1) is 0 Å². The van der Waals surface area contributed by atoms with Crippen molar-refractivity contribution in [2.24, 2.45) is 0 Å². The van der Waals surface area contributed by atoms with Crippen LogP contribution in [0.25, 0.3) is 6.08 Å². The molecule has 2 N–H and O–H groups in total. The van der Waals surface area contributed by atoms with Crippen molar-refractivity contribution in [3.05, 3.63) is 83.6 Å². The lowest BCUT2D eigenvalue weighted by Gasteiger charge is -2.09. The molecule has 1 aromatic carbocycles. The average molecular weight is 402 g/mol. The molecule has 3 rings (SSSR count). The molecule has 0 aliphatic heterocycles. The highest BCUT2D eigenvalue weighted by atomic mass is 19.4. The van der Waals surface area contributed by atoms with Gasteiger partial charge in [-0.2, -0.15) is 13.2 Å². The largest absolute Gasteiger partial charge is 0.416 e. The predicted octanol–water partition coefficient (Wildman–Crippen LogP) is 3.49. The molecule has 0 saturated carbocycles. The topological polar surface area (TPSA) is 80.0 Å². The van der Waals surface area contributed by atoms with Gasteiger partial charge in [-0.3, -0.25) is 9.78 Å². The summed E-state index contributed by atoms with van der Waals surface area (Å²) in [6.07, 6.45) is 2.95. The lowest BCUT2D eigenvalue weighted by molar-refractivity contribution is -0.137. The van der Waals surface area contributed by atoms with Crippen molar-refractivity contribution in [2.75, 3.05) is 5.32 Å². The van der Waals surface area contributed by atoms with E-state index >= 15 is 0 Å². The molecule has 150 valence electrons. The maximum atomic E-state index is 12.8. The van der Waals surface area contributed by atoms with E-state index in [1.54, 1.807) is 28.8 Å². The van der Waals surface area contributed by atoms with Gasteiger partial charge in [0.2, 0.25) is 5.91 Å². The smallest absolute Gasteiger partial charge is 0.390 e. The van der Waals surface area contributed by atoms with Gasteiger partial charge in [-0.1, -0.05) is 18.2 Å². The van der Waals surface area contributed by atoms with Gasteiger partial charge in [0, 0.05) is 25.0 Å². The summed E-state index contributed by atoms with van der Waals surface area (Å²) in [4.78, 5) is 20.0. The molecule has 0 unspecified atom stereocenters. The van der Waals surface area contributed by atoms with Crippen LogP contribution in [0.5, 0.6) is 0 Å². The number of benzene rings is 1. The van der Waals surface area contributed by atoms with E-state index < -0.39 is 17.6 Å².